The van der Waals surface area contributed by atoms with Crippen LogP contribution in [0.25, 0.3) is 0 Å². The molecule has 0 aliphatic rings. The molecule has 0 saturated heterocycles. The number of carbonyl (C=O) groups is 1. The SMILES string of the molecule is CCCCNC(=O)OCC.C[CH2][Zn]. The third kappa shape index (κ3) is 18.7. The molecule has 0 aromatic carbocycles. The second-order valence-corrected chi connectivity index (χ2v) is 4.60. The van der Waals surface area contributed by atoms with Gasteiger partial charge in [0, 0.05) is 6.54 Å². The van der Waals surface area contributed by atoms with E-state index in [1.165, 1.54) is 23.3 Å². The van der Waals surface area contributed by atoms with Crippen molar-refractivity contribution in [1.29, 1.82) is 0 Å². The van der Waals surface area contributed by atoms with Crippen molar-refractivity contribution in [2.75, 3.05) is 13.2 Å². The van der Waals surface area contributed by atoms with E-state index < -0.39 is 0 Å². The average Bonchev–Trinajstić information content (AvgIpc) is 2.07. The van der Waals surface area contributed by atoms with Gasteiger partial charge in [-0.2, -0.15) is 0 Å². The summed E-state index contributed by atoms with van der Waals surface area (Å²) in [4.78, 5) is 10.6. The number of rotatable bonds is 4. The van der Waals surface area contributed by atoms with Crippen molar-refractivity contribution in [3.05, 3.63) is 0 Å². The van der Waals surface area contributed by atoms with Gasteiger partial charge in [-0.25, -0.2) is 4.79 Å². The molecule has 0 fully saturated rings. The minimum atomic E-state index is -0.309. The summed E-state index contributed by atoms with van der Waals surface area (Å²) in [5.74, 6) is 0. The zero-order valence-electron chi connectivity index (χ0n) is 9.06. The molecule has 75 valence electrons. The van der Waals surface area contributed by atoms with Gasteiger partial charge in [0.05, 0.1) is 6.61 Å². The van der Waals surface area contributed by atoms with Gasteiger partial charge < -0.3 is 10.1 Å². The first-order valence-corrected chi connectivity index (χ1v) is 7.02. The van der Waals surface area contributed by atoms with E-state index in [-0.39, 0.29) is 6.09 Å². The van der Waals surface area contributed by atoms with E-state index >= 15 is 0 Å². The second kappa shape index (κ2) is 14.4. The summed E-state index contributed by atoms with van der Waals surface area (Å²) in [7, 11) is 0. The molecule has 0 aliphatic carbocycles. The predicted octanol–water partition coefficient (Wildman–Crippen LogP) is 2.50. The number of hydrogen-bond acceptors (Lipinski definition) is 2. The van der Waals surface area contributed by atoms with Crippen molar-refractivity contribution < 1.29 is 27.8 Å². The van der Waals surface area contributed by atoms with Crippen molar-refractivity contribution in [1.82, 2.24) is 5.32 Å². The van der Waals surface area contributed by atoms with Crippen LogP contribution in [0.4, 0.5) is 4.79 Å². The Morgan fingerprint density at radius 1 is 1.38 bits per heavy atom. The van der Waals surface area contributed by atoms with Crippen LogP contribution in [0.1, 0.15) is 33.6 Å². The molecule has 4 heteroatoms. The number of unbranched alkanes of at least 4 members (excludes halogenated alkanes) is 1. The van der Waals surface area contributed by atoms with Crippen molar-refractivity contribution in [2.45, 2.75) is 38.6 Å². The van der Waals surface area contributed by atoms with Crippen molar-refractivity contribution in [2.24, 2.45) is 0 Å². The molecule has 0 radical (unpaired) electrons. The van der Waals surface area contributed by atoms with Gasteiger partial charge in [-0.15, -0.1) is 0 Å². The number of alkyl carbamates (subject to hydrolysis) is 1. The fraction of sp³-hybridized carbons (Fsp3) is 0.889. The van der Waals surface area contributed by atoms with Crippen LogP contribution in [0.2, 0.25) is 5.02 Å². The molecule has 0 atom stereocenters. The number of hydrogen-bond donors (Lipinski definition) is 1. The van der Waals surface area contributed by atoms with E-state index in [1.54, 1.807) is 6.92 Å². The number of amides is 1. The Balaban J connectivity index is 0. The molecular weight excluding hydrogens is 219 g/mol. The van der Waals surface area contributed by atoms with Crippen molar-refractivity contribution in [3.63, 3.8) is 0 Å². The molecule has 1 amide bonds. The molecule has 0 unspecified atom stereocenters. The number of ether oxygens (including phenoxy) is 1. The van der Waals surface area contributed by atoms with Crippen LogP contribution in [0.5, 0.6) is 0 Å². The first kappa shape index (κ1) is 15.4. The Bertz CT molecular complexity index is 110. The normalized spacial score (nSPS) is 8.38. The van der Waals surface area contributed by atoms with Crippen LogP contribution >= 0.6 is 0 Å². The van der Waals surface area contributed by atoms with E-state index in [0.29, 0.717) is 6.61 Å². The summed E-state index contributed by atoms with van der Waals surface area (Å²) in [6, 6.07) is 0. The fourth-order valence-corrected chi connectivity index (χ4v) is 0.549. The predicted molar refractivity (Wildman–Crippen MR) is 50.4 cm³/mol. The molecule has 0 rings (SSSR count). The van der Waals surface area contributed by atoms with Crippen LogP contribution in [-0.4, -0.2) is 19.2 Å². The van der Waals surface area contributed by atoms with Gasteiger partial charge >= 0.3 is 36.3 Å². The van der Waals surface area contributed by atoms with E-state index in [0.717, 1.165) is 19.4 Å². The first-order chi connectivity index (χ1) is 6.22. The summed E-state index contributed by atoms with van der Waals surface area (Å²) in [5.41, 5.74) is 0. The number of nitrogens with one attached hydrogen (secondary N) is 1. The summed E-state index contributed by atoms with van der Waals surface area (Å²) >= 11 is 1.44. The molecule has 1 N–H and O–H groups in total. The zero-order chi connectivity index (χ0) is 10.5. The zero-order valence-corrected chi connectivity index (χ0v) is 12.0. The van der Waals surface area contributed by atoms with Crippen molar-refractivity contribution in [3.8, 4) is 0 Å². The van der Waals surface area contributed by atoms with Gasteiger partial charge in [-0.1, -0.05) is 13.3 Å². The van der Waals surface area contributed by atoms with E-state index in [4.69, 9.17) is 0 Å². The molecule has 0 aliphatic heterocycles. The molecule has 0 heterocycles. The quantitative estimate of drug-likeness (QED) is 0.605. The Morgan fingerprint density at radius 3 is 2.31 bits per heavy atom. The van der Waals surface area contributed by atoms with Gasteiger partial charge in [0.2, 0.25) is 0 Å². The third-order valence-electron chi connectivity index (χ3n) is 1.08. The maximum absolute atomic E-state index is 10.6. The van der Waals surface area contributed by atoms with E-state index in [2.05, 4.69) is 23.9 Å². The monoisotopic (exact) mass is 238 g/mol. The second-order valence-electron chi connectivity index (χ2n) is 2.50. The topological polar surface area (TPSA) is 38.3 Å². The fourth-order valence-electron chi connectivity index (χ4n) is 0.549. The molecule has 13 heavy (non-hydrogen) atoms. The molecule has 0 bridgehead atoms. The Hall–Kier alpha value is -0.107. The molecule has 0 saturated carbocycles. The van der Waals surface area contributed by atoms with Crippen LogP contribution in [0.3, 0.4) is 0 Å². The Labute approximate surface area is 91.3 Å². The van der Waals surface area contributed by atoms with Crippen molar-refractivity contribution >= 4 is 6.09 Å². The van der Waals surface area contributed by atoms with Crippen LogP contribution in [0.15, 0.2) is 0 Å². The third-order valence-corrected chi connectivity index (χ3v) is 1.08. The van der Waals surface area contributed by atoms with Gasteiger partial charge in [0.25, 0.3) is 0 Å². The summed E-state index contributed by atoms with van der Waals surface area (Å²) in [6.07, 6.45) is 1.79. The van der Waals surface area contributed by atoms with Gasteiger partial charge in [0.1, 0.15) is 0 Å². The van der Waals surface area contributed by atoms with Gasteiger partial charge in [-0.3, -0.25) is 0 Å². The summed E-state index contributed by atoms with van der Waals surface area (Å²) < 4.78 is 4.64. The van der Waals surface area contributed by atoms with E-state index in [1.807, 2.05) is 0 Å². The Morgan fingerprint density at radius 2 is 1.92 bits per heavy atom. The van der Waals surface area contributed by atoms with Gasteiger partial charge in [0.15, 0.2) is 0 Å². The molecule has 0 aromatic rings. The number of carbonyl (C=O) groups excluding carboxylic acids is 1. The molecule has 0 aromatic heterocycles. The van der Waals surface area contributed by atoms with Crippen LogP contribution in [0, 0.1) is 0 Å². The average molecular weight is 240 g/mol. The molecule has 0 spiro atoms. The maximum atomic E-state index is 10.6. The van der Waals surface area contributed by atoms with Gasteiger partial charge in [-0.05, 0) is 13.3 Å². The summed E-state index contributed by atoms with van der Waals surface area (Å²) in [6.45, 7) is 7.21. The summed E-state index contributed by atoms with van der Waals surface area (Å²) in [5, 5.41) is 4.00. The Kier molecular flexibility index (Phi) is 17.0. The van der Waals surface area contributed by atoms with Crippen LogP contribution < -0.4 is 5.32 Å². The molecule has 3 nitrogen and oxygen atoms in total. The van der Waals surface area contributed by atoms with E-state index in [9.17, 15) is 4.79 Å². The first-order valence-electron chi connectivity index (χ1n) is 4.92. The standard InChI is InChI=1S/C7H15NO2.C2H5.Zn/c1-3-5-6-8-7(9)10-4-2;1-2;/h3-6H2,1-2H3,(H,8,9);1H2,2H3;. The van der Waals surface area contributed by atoms with Crippen LogP contribution in [-0.2, 0) is 23.0 Å². The molecular formula is C9H20NO2Zn. The minimum absolute atomic E-state index is 0.309.